The van der Waals surface area contributed by atoms with Gasteiger partial charge in [-0.1, -0.05) is 18.2 Å². The van der Waals surface area contributed by atoms with Gasteiger partial charge in [0.05, 0.1) is 5.52 Å². The Morgan fingerprint density at radius 2 is 2.00 bits per heavy atom. The molecule has 0 unspecified atom stereocenters. The summed E-state index contributed by atoms with van der Waals surface area (Å²) in [6.07, 6.45) is 0. The monoisotopic (exact) mass is 199 g/mol. The number of nitrogens with zero attached hydrogens (tertiary/aromatic N) is 3. The van der Waals surface area contributed by atoms with E-state index in [0.717, 1.165) is 16.7 Å². The number of aryl methyl sites for hydroxylation is 1. The maximum Gasteiger partial charge on any atom is 0.203 e. The van der Waals surface area contributed by atoms with E-state index >= 15 is 0 Å². The summed E-state index contributed by atoms with van der Waals surface area (Å²) in [4.78, 5) is 0. The molecule has 0 saturated heterocycles. The Hall–Kier alpha value is -2.10. The third-order valence-corrected chi connectivity index (χ3v) is 2.52. The maximum absolute atomic E-state index is 9.76. The zero-order chi connectivity index (χ0) is 10.4. The van der Waals surface area contributed by atoms with Crippen LogP contribution >= 0.6 is 0 Å². The summed E-state index contributed by atoms with van der Waals surface area (Å²) in [5.41, 5.74) is 1.51. The lowest BCUT2D eigenvalue weighted by atomic mass is 10.2. The van der Waals surface area contributed by atoms with Crippen LogP contribution in [0, 0.1) is 6.92 Å². The van der Waals surface area contributed by atoms with Gasteiger partial charge in [0.1, 0.15) is 5.82 Å². The van der Waals surface area contributed by atoms with Crippen molar-refractivity contribution in [2.24, 2.45) is 0 Å². The minimum atomic E-state index is 0.161. The number of benzene rings is 1. The summed E-state index contributed by atoms with van der Waals surface area (Å²) in [5.74, 6) is 0.936. The van der Waals surface area contributed by atoms with Crippen LogP contribution in [0.15, 0.2) is 30.3 Å². The quantitative estimate of drug-likeness (QED) is 0.601. The second-order valence-corrected chi connectivity index (χ2v) is 3.49. The van der Waals surface area contributed by atoms with Crippen molar-refractivity contribution < 1.29 is 5.11 Å². The van der Waals surface area contributed by atoms with Crippen molar-refractivity contribution >= 4 is 16.6 Å². The summed E-state index contributed by atoms with van der Waals surface area (Å²) in [6, 6.07) is 9.54. The Morgan fingerprint density at radius 3 is 2.87 bits per heavy atom. The highest BCUT2D eigenvalue weighted by molar-refractivity contribution is 5.84. The Balaban J connectivity index is 2.67. The molecule has 0 radical (unpaired) electrons. The number of fused-ring (bicyclic) bond motifs is 3. The van der Waals surface area contributed by atoms with E-state index in [1.807, 2.05) is 35.6 Å². The van der Waals surface area contributed by atoms with Gasteiger partial charge in [-0.2, -0.15) is 0 Å². The first-order chi connectivity index (χ1) is 7.27. The van der Waals surface area contributed by atoms with Gasteiger partial charge in [0.15, 0.2) is 5.75 Å². The molecule has 4 heteroatoms. The lowest BCUT2D eigenvalue weighted by molar-refractivity contribution is 0.478. The first kappa shape index (κ1) is 8.23. The highest BCUT2D eigenvalue weighted by atomic mass is 16.3. The lowest BCUT2D eigenvalue weighted by Crippen LogP contribution is -1.91. The van der Waals surface area contributed by atoms with Gasteiger partial charge in [-0.3, -0.25) is 4.40 Å². The minimum absolute atomic E-state index is 0.161. The summed E-state index contributed by atoms with van der Waals surface area (Å²) in [7, 11) is 0. The topological polar surface area (TPSA) is 50.4 Å². The molecular formula is C11H9N3O. The highest BCUT2D eigenvalue weighted by Gasteiger charge is 2.09. The van der Waals surface area contributed by atoms with Gasteiger partial charge in [0.25, 0.3) is 0 Å². The Kier molecular flexibility index (Phi) is 1.48. The summed E-state index contributed by atoms with van der Waals surface area (Å²) < 4.78 is 1.85. The van der Waals surface area contributed by atoms with E-state index in [-0.39, 0.29) is 5.75 Å². The molecule has 1 N–H and O–H groups in total. The van der Waals surface area contributed by atoms with Crippen LogP contribution in [0.5, 0.6) is 5.75 Å². The number of aromatic nitrogens is 3. The van der Waals surface area contributed by atoms with E-state index in [0.29, 0.717) is 5.65 Å². The van der Waals surface area contributed by atoms with E-state index in [9.17, 15) is 5.11 Å². The van der Waals surface area contributed by atoms with E-state index in [1.165, 1.54) is 0 Å². The molecule has 0 spiro atoms. The average molecular weight is 199 g/mol. The summed E-state index contributed by atoms with van der Waals surface area (Å²) in [5, 5.41) is 18.6. The van der Waals surface area contributed by atoms with Gasteiger partial charge in [0, 0.05) is 5.39 Å². The first-order valence-corrected chi connectivity index (χ1v) is 4.70. The normalized spacial score (nSPS) is 11.3. The van der Waals surface area contributed by atoms with Crippen molar-refractivity contribution in [2.75, 3.05) is 0 Å². The second kappa shape index (κ2) is 2.70. The van der Waals surface area contributed by atoms with Crippen LogP contribution in [-0.2, 0) is 0 Å². The zero-order valence-corrected chi connectivity index (χ0v) is 8.18. The second-order valence-electron chi connectivity index (χ2n) is 3.49. The first-order valence-electron chi connectivity index (χ1n) is 4.70. The van der Waals surface area contributed by atoms with Gasteiger partial charge >= 0.3 is 0 Å². The van der Waals surface area contributed by atoms with E-state index < -0.39 is 0 Å². The standard InChI is InChI=1S/C11H9N3O/c1-7-12-13-11-10(15)6-8-4-2-3-5-9(8)14(7)11/h2-6,15H,1H3. The molecule has 3 aromatic rings. The van der Waals surface area contributed by atoms with E-state index in [2.05, 4.69) is 10.2 Å². The molecule has 0 aliphatic carbocycles. The van der Waals surface area contributed by atoms with E-state index in [1.54, 1.807) is 6.07 Å². The van der Waals surface area contributed by atoms with Crippen molar-refractivity contribution in [1.82, 2.24) is 14.6 Å². The fourth-order valence-corrected chi connectivity index (χ4v) is 1.84. The number of para-hydroxylation sites is 1. The SMILES string of the molecule is Cc1nnc2c(O)cc3ccccc3n12. The van der Waals surface area contributed by atoms with Crippen LogP contribution < -0.4 is 0 Å². The molecule has 0 amide bonds. The number of aromatic hydroxyl groups is 1. The van der Waals surface area contributed by atoms with Crippen molar-refractivity contribution in [3.8, 4) is 5.75 Å². The average Bonchev–Trinajstić information content (AvgIpc) is 2.62. The number of rotatable bonds is 0. The third kappa shape index (κ3) is 1.01. The van der Waals surface area contributed by atoms with Crippen LogP contribution in [0.4, 0.5) is 0 Å². The third-order valence-electron chi connectivity index (χ3n) is 2.52. The number of hydrogen-bond acceptors (Lipinski definition) is 3. The molecule has 0 aliphatic rings. The van der Waals surface area contributed by atoms with Crippen LogP contribution in [0.2, 0.25) is 0 Å². The fraction of sp³-hybridized carbons (Fsp3) is 0.0909. The van der Waals surface area contributed by atoms with Gasteiger partial charge in [-0.15, -0.1) is 10.2 Å². The molecule has 3 rings (SSSR count). The maximum atomic E-state index is 9.76. The molecule has 0 fully saturated rings. The van der Waals surface area contributed by atoms with Crippen LogP contribution in [-0.4, -0.2) is 19.7 Å². The summed E-state index contributed by atoms with van der Waals surface area (Å²) in [6.45, 7) is 1.87. The van der Waals surface area contributed by atoms with Gasteiger partial charge < -0.3 is 5.11 Å². The smallest absolute Gasteiger partial charge is 0.203 e. The Morgan fingerprint density at radius 1 is 1.20 bits per heavy atom. The molecule has 0 bridgehead atoms. The van der Waals surface area contributed by atoms with Gasteiger partial charge in [-0.05, 0) is 19.1 Å². The van der Waals surface area contributed by atoms with Crippen molar-refractivity contribution in [3.63, 3.8) is 0 Å². The molecular weight excluding hydrogens is 190 g/mol. The molecule has 0 atom stereocenters. The zero-order valence-electron chi connectivity index (χ0n) is 8.18. The van der Waals surface area contributed by atoms with Crippen molar-refractivity contribution in [3.05, 3.63) is 36.2 Å². The van der Waals surface area contributed by atoms with Crippen molar-refractivity contribution in [1.29, 1.82) is 0 Å². The molecule has 2 aromatic heterocycles. The van der Waals surface area contributed by atoms with Crippen molar-refractivity contribution in [2.45, 2.75) is 6.92 Å². The molecule has 4 nitrogen and oxygen atoms in total. The molecule has 15 heavy (non-hydrogen) atoms. The van der Waals surface area contributed by atoms with Gasteiger partial charge in [-0.25, -0.2) is 0 Å². The minimum Gasteiger partial charge on any atom is -0.504 e. The van der Waals surface area contributed by atoms with E-state index in [4.69, 9.17) is 0 Å². The number of pyridine rings is 1. The van der Waals surface area contributed by atoms with Gasteiger partial charge in [0.2, 0.25) is 5.65 Å². The predicted octanol–water partition coefficient (Wildman–Crippen LogP) is 1.90. The molecule has 0 saturated carbocycles. The number of hydrogen-bond donors (Lipinski definition) is 1. The van der Waals surface area contributed by atoms with Crippen LogP contribution in [0.3, 0.4) is 0 Å². The van der Waals surface area contributed by atoms with Crippen LogP contribution in [0.25, 0.3) is 16.6 Å². The highest BCUT2D eigenvalue weighted by Crippen LogP contribution is 2.24. The Labute approximate surface area is 85.8 Å². The van der Waals surface area contributed by atoms with Crippen LogP contribution in [0.1, 0.15) is 5.82 Å². The fourth-order valence-electron chi connectivity index (χ4n) is 1.84. The molecule has 1 aromatic carbocycles. The molecule has 0 aliphatic heterocycles. The Bertz CT molecular complexity index is 657. The molecule has 74 valence electrons. The lowest BCUT2D eigenvalue weighted by Gasteiger charge is -2.03. The molecule has 2 heterocycles. The predicted molar refractivity (Wildman–Crippen MR) is 56.9 cm³/mol. The summed E-state index contributed by atoms with van der Waals surface area (Å²) >= 11 is 0. The largest absolute Gasteiger partial charge is 0.504 e.